The molecule has 0 radical (unpaired) electrons. The van der Waals surface area contributed by atoms with Crippen molar-refractivity contribution in [2.75, 3.05) is 0 Å². The molecule has 2 rings (SSSR count). The van der Waals surface area contributed by atoms with E-state index >= 15 is 0 Å². The number of aromatic hydroxyl groups is 2. The van der Waals surface area contributed by atoms with Gasteiger partial charge in [-0.2, -0.15) is 0 Å². The average molecular weight is 296 g/mol. The first-order valence-electron chi connectivity index (χ1n) is 5.71. The highest BCUT2D eigenvalue weighted by molar-refractivity contribution is 6.30. The number of rotatable bonds is 3. The number of benzene rings is 2. The van der Waals surface area contributed by atoms with Crippen LogP contribution in [0.5, 0.6) is 11.5 Å². The van der Waals surface area contributed by atoms with Crippen LogP contribution < -0.4 is 5.32 Å². The van der Waals surface area contributed by atoms with Crippen LogP contribution in [0.1, 0.15) is 15.9 Å². The van der Waals surface area contributed by atoms with Gasteiger partial charge in [-0.3, -0.25) is 4.79 Å². The Kier molecular flexibility index (Phi) is 4.10. The average Bonchev–Trinajstić information content (AvgIpc) is 2.43. The number of nitrogens with one attached hydrogen (secondary N) is 1. The van der Waals surface area contributed by atoms with Gasteiger partial charge < -0.3 is 15.5 Å². The van der Waals surface area contributed by atoms with Crippen LogP contribution in [0.15, 0.2) is 36.4 Å². The molecule has 0 aromatic heterocycles. The second-order valence-corrected chi connectivity index (χ2v) is 4.54. The number of carbonyl (C=O) groups is 1. The van der Waals surface area contributed by atoms with Gasteiger partial charge in [0, 0.05) is 12.1 Å². The summed E-state index contributed by atoms with van der Waals surface area (Å²) < 4.78 is 13.0. The molecule has 20 heavy (non-hydrogen) atoms. The van der Waals surface area contributed by atoms with E-state index in [1.807, 2.05) is 0 Å². The molecule has 4 nitrogen and oxygen atoms in total. The Morgan fingerprint density at radius 1 is 1.15 bits per heavy atom. The van der Waals surface area contributed by atoms with Gasteiger partial charge in [-0.05, 0) is 35.9 Å². The van der Waals surface area contributed by atoms with E-state index in [4.69, 9.17) is 16.7 Å². The Labute approximate surface area is 119 Å². The zero-order valence-electron chi connectivity index (χ0n) is 10.2. The second kappa shape index (κ2) is 5.79. The maximum absolute atomic E-state index is 13.0. The molecule has 0 atom stereocenters. The summed E-state index contributed by atoms with van der Waals surface area (Å²) in [7, 11) is 0. The molecular weight excluding hydrogens is 285 g/mol. The maximum atomic E-state index is 13.0. The number of amides is 1. The van der Waals surface area contributed by atoms with Crippen LogP contribution >= 0.6 is 11.6 Å². The van der Waals surface area contributed by atoms with E-state index in [2.05, 4.69) is 5.32 Å². The van der Waals surface area contributed by atoms with Crippen molar-refractivity contribution in [3.63, 3.8) is 0 Å². The van der Waals surface area contributed by atoms with Crippen LogP contribution in [-0.2, 0) is 6.54 Å². The molecule has 0 heterocycles. The Bertz CT molecular complexity index is 661. The van der Waals surface area contributed by atoms with Gasteiger partial charge >= 0.3 is 0 Å². The van der Waals surface area contributed by atoms with Crippen molar-refractivity contribution >= 4 is 17.5 Å². The molecule has 2 aromatic rings. The number of phenols is 2. The van der Waals surface area contributed by atoms with Gasteiger partial charge in [-0.15, -0.1) is 0 Å². The molecular formula is C14H11ClFNO3. The van der Waals surface area contributed by atoms with Crippen molar-refractivity contribution < 1.29 is 19.4 Å². The largest absolute Gasteiger partial charge is 0.504 e. The minimum atomic E-state index is -0.523. The lowest BCUT2D eigenvalue weighted by Crippen LogP contribution is -2.22. The van der Waals surface area contributed by atoms with Crippen molar-refractivity contribution in [3.05, 3.63) is 58.4 Å². The first-order valence-corrected chi connectivity index (χ1v) is 6.09. The van der Waals surface area contributed by atoms with Crippen LogP contribution in [0, 0.1) is 5.82 Å². The molecule has 0 aliphatic carbocycles. The molecule has 0 saturated heterocycles. The molecule has 6 heteroatoms. The van der Waals surface area contributed by atoms with Crippen molar-refractivity contribution in [1.29, 1.82) is 0 Å². The topological polar surface area (TPSA) is 69.6 Å². The number of hydrogen-bond acceptors (Lipinski definition) is 3. The molecule has 0 spiro atoms. The third-order valence-electron chi connectivity index (χ3n) is 2.67. The number of hydrogen-bond donors (Lipinski definition) is 3. The number of carbonyl (C=O) groups excluding carboxylic acids is 1. The molecule has 0 unspecified atom stereocenters. The summed E-state index contributed by atoms with van der Waals surface area (Å²) in [4.78, 5) is 11.8. The van der Waals surface area contributed by atoms with Crippen molar-refractivity contribution in [3.8, 4) is 11.5 Å². The molecule has 1 amide bonds. The van der Waals surface area contributed by atoms with Crippen molar-refractivity contribution in [2.45, 2.75) is 6.54 Å². The van der Waals surface area contributed by atoms with Gasteiger partial charge in [0.05, 0.1) is 5.02 Å². The lowest BCUT2D eigenvalue weighted by atomic mass is 10.1. The smallest absolute Gasteiger partial charge is 0.251 e. The Morgan fingerprint density at radius 2 is 1.90 bits per heavy atom. The lowest BCUT2D eigenvalue weighted by molar-refractivity contribution is 0.0950. The lowest BCUT2D eigenvalue weighted by Gasteiger charge is -2.07. The molecule has 3 N–H and O–H groups in total. The van der Waals surface area contributed by atoms with E-state index in [0.29, 0.717) is 5.56 Å². The van der Waals surface area contributed by atoms with Gasteiger partial charge in [0.2, 0.25) is 0 Å². The van der Waals surface area contributed by atoms with Crippen LogP contribution in [0.25, 0.3) is 0 Å². The van der Waals surface area contributed by atoms with Crippen molar-refractivity contribution in [1.82, 2.24) is 5.32 Å². The van der Waals surface area contributed by atoms with E-state index in [-0.39, 0.29) is 28.6 Å². The number of halogens is 2. The predicted molar refractivity (Wildman–Crippen MR) is 72.4 cm³/mol. The molecule has 104 valence electrons. The maximum Gasteiger partial charge on any atom is 0.251 e. The van der Waals surface area contributed by atoms with Gasteiger partial charge in [-0.25, -0.2) is 4.39 Å². The van der Waals surface area contributed by atoms with Crippen LogP contribution in [0.2, 0.25) is 5.02 Å². The highest BCUT2D eigenvalue weighted by Crippen LogP contribution is 2.24. The monoisotopic (exact) mass is 295 g/mol. The first kappa shape index (κ1) is 14.1. The first-order chi connectivity index (χ1) is 9.47. The fourth-order valence-electron chi connectivity index (χ4n) is 1.60. The fraction of sp³-hybridized carbons (Fsp3) is 0.0714. The Morgan fingerprint density at radius 3 is 2.55 bits per heavy atom. The third-order valence-corrected chi connectivity index (χ3v) is 2.96. The van der Waals surface area contributed by atoms with E-state index < -0.39 is 11.7 Å². The molecule has 0 saturated carbocycles. The normalized spacial score (nSPS) is 10.3. The van der Waals surface area contributed by atoms with E-state index in [9.17, 15) is 14.3 Å². The van der Waals surface area contributed by atoms with Crippen LogP contribution in [-0.4, -0.2) is 16.1 Å². The summed E-state index contributed by atoms with van der Waals surface area (Å²) in [5.74, 6) is -1.62. The summed E-state index contributed by atoms with van der Waals surface area (Å²) in [6, 6.07) is 7.90. The predicted octanol–water partition coefficient (Wildman–Crippen LogP) is 2.82. The van der Waals surface area contributed by atoms with E-state index in [1.54, 1.807) is 0 Å². The standard InChI is InChI=1S/C14H11ClFNO3/c15-10-5-8(1-3-11(10)16)7-17-14(20)9-2-4-12(18)13(19)6-9/h1-6,18-19H,7H2,(H,17,20). The molecule has 2 aromatic carbocycles. The fourth-order valence-corrected chi connectivity index (χ4v) is 1.80. The summed E-state index contributed by atoms with van der Waals surface area (Å²) in [6.45, 7) is 0.167. The molecule has 0 bridgehead atoms. The Balaban J connectivity index is 2.04. The third kappa shape index (κ3) is 3.19. The minimum Gasteiger partial charge on any atom is -0.504 e. The number of phenolic OH excluding ortho intramolecular Hbond substituents is 2. The van der Waals surface area contributed by atoms with Crippen LogP contribution in [0.4, 0.5) is 4.39 Å². The highest BCUT2D eigenvalue weighted by atomic mass is 35.5. The molecule has 0 aliphatic rings. The Hall–Kier alpha value is -2.27. The van der Waals surface area contributed by atoms with Crippen molar-refractivity contribution in [2.24, 2.45) is 0 Å². The zero-order valence-corrected chi connectivity index (χ0v) is 11.0. The molecule has 0 aliphatic heterocycles. The highest BCUT2D eigenvalue weighted by Gasteiger charge is 2.09. The second-order valence-electron chi connectivity index (χ2n) is 4.13. The summed E-state index contributed by atoms with van der Waals surface area (Å²) in [5.41, 5.74) is 0.848. The SMILES string of the molecule is O=C(NCc1ccc(F)c(Cl)c1)c1ccc(O)c(O)c1. The van der Waals surface area contributed by atoms with Gasteiger partial charge in [0.15, 0.2) is 11.5 Å². The van der Waals surface area contributed by atoms with E-state index in [0.717, 1.165) is 6.07 Å². The molecule has 0 fully saturated rings. The summed E-state index contributed by atoms with van der Waals surface area (Å²) >= 11 is 5.64. The minimum absolute atomic E-state index is 0.0148. The van der Waals surface area contributed by atoms with E-state index in [1.165, 1.54) is 30.3 Å². The quantitative estimate of drug-likeness (QED) is 0.763. The van der Waals surface area contributed by atoms with Crippen LogP contribution in [0.3, 0.4) is 0 Å². The zero-order chi connectivity index (χ0) is 14.7. The van der Waals surface area contributed by atoms with Gasteiger partial charge in [0.1, 0.15) is 5.82 Å². The summed E-state index contributed by atoms with van der Waals surface area (Å²) in [5, 5.41) is 21.1. The van der Waals surface area contributed by atoms with Gasteiger partial charge in [-0.1, -0.05) is 17.7 Å². The summed E-state index contributed by atoms with van der Waals surface area (Å²) in [6.07, 6.45) is 0. The van der Waals surface area contributed by atoms with Gasteiger partial charge in [0.25, 0.3) is 5.91 Å².